The summed E-state index contributed by atoms with van der Waals surface area (Å²) in [5.74, 6) is 0.790. The Bertz CT molecular complexity index is 1070. The number of halogens is 1. The lowest BCUT2D eigenvalue weighted by Gasteiger charge is -2.37. The second-order valence-corrected chi connectivity index (χ2v) is 11.6. The van der Waals surface area contributed by atoms with E-state index in [0.29, 0.717) is 36.9 Å². The van der Waals surface area contributed by atoms with Crippen LogP contribution in [0.1, 0.15) is 48.7 Å². The molecule has 2 aromatic rings. The van der Waals surface area contributed by atoms with Crippen LogP contribution in [0, 0.1) is 5.92 Å². The molecule has 1 aromatic carbocycles. The van der Waals surface area contributed by atoms with E-state index in [9.17, 15) is 13.2 Å². The fourth-order valence-corrected chi connectivity index (χ4v) is 6.85. The van der Waals surface area contributed by atoms with Crippen LogP contribution in [0.2, 0.25) is 5.02 Å². The highest BCUT2D eigenvalue weighted by atomic mass is 35.5. The summed E-state index contributed by atoms with van der Waals surface area (Å²) in [6.45, 7) is 5.14. The van der Waals surface area contributed by atoms with Gasteiger partial charge in [0, 0.05) is 24.7 Å². The lowest BCUT2D eigenvalue weighted by atomic mass is 10.0. The topological polar surface area (TPSA) is 74.1 Å². The largest absolute Gasteiger partial charge is 0.467 e. The molecule has 33 heavy (non-hydrogen) atoms. The molecule has 0 aliphatic carbocycles. The Morgan fingerprint density at radius 3 is 2.61 bits per heavy atom. The molecule has 1 aromatic heterocycles. The quantitative estimate of drug-likeness (QED) is 0.606. The second kappa shape index (κ2) is 10.2. The number of piperidine rings is 2. The van der Waals surface area contributed by atoms with Crippen LogP contribution in [0.4, 0.5) is 0 Å². The van der Waals surface area contributed by atoms with Gasteiger partial charge in [-0.15, -0.1) is 0 Å². The predicted molar refractivity (Wildman–Crippen MR) is 128 cm³/mol. The fraction of sp³-hybridized carbons (Fsp3) is 0.542. The molecule has 180 valence electrons. The van der Waals surface area contributed by atoms with E-state index in [2.05, 4.69) is 18.9 Å². The zero-order valence-electron chi connectivity index (χ0n) is 19.2. The van der Waals surface area contributed by atoms with Gasteiger partial charge in [0.2, 0.25) is 10.0 Å². The molecule has 2 aliphatic rings. The number of nitrogens with zero attached hydrogens (tertiary/aromatic N) is 3. The molecule has 0 radical (unpaired) electrons. The van der Waals surface area contributed by atoms with E-state index < -0.39 is 10.0 Å². The van der Waals surface area contributed by atoms with Crippen molar-refractivity contribution in [2.75, 3.05) is 33.2 Å². The molecule has 3 heterocycles. The van der Waals surface area contributed by atoms with Gasteiger partial charge in [-0.1, -0.05) is 18.5 Å². The maximum atomic E-state index is 13.7. The standard InChI is InChI=1S/C24H32ClN3O4S/c1-18-5-3-11-27(16-18)33(30,31)23-15-19(7-8-22(23)25)24(29)28(17-21-6-4-14-32-21)20-9-12-26(2)13-10-20/h4,6-8,14-15,18,20H,3,5,9-13,16-17H2,1-2H3. The summed E-state index contributed by atoms with van der Waals surface area (Å²) in [5, 5.41) is 0.140. The lowest BCUT2D eigenvalue weighted by Crippen LogP contribution is -2.46. The average molecular weight is 494 g/mol. The molecular formula is C24H32ClN3O4S. The van der Waals surface area contributed by atoms with E-state index in [0.717, 1.165) is 38.8 Å². The number of hydrogen-bond acceptors (Lipinski definition) is 5. The van der Waals surface area contributed by atoms with Crippen molar-refractivity contribution in [2.45, 2.75) is 50.1 Å². The Labute approximate surface area is 201 Å². The number of likely N-dealkylation sites (tertiary alicyclic amines) is 1. The normalized spacial score (nSPS) is 21.2. The van der Waals surface area contributed by atoms with E-state index in [4.69, 9.17) is 16.0 Å². The molecule has 0 N–H and O–H groups in total. The highest BCUT2D eigenvalue weighted by Gasteiger charge is 2.33. The van der Waals surface area contributed by atoms with Gasteiger partial charge in [0.25, 0.3) is 5.91 Å². The molecule has 2 aliphatic heterocycles. The van der Waals surface area contributed by atoms with Crippen LogP contribution in [-0.4, -0.2) is 67.7 Å². The smallest absolute Gasteiger partial charge is 0.254 e. The third-order valence-electron chi connectivity index (χ3n) is 6.71. The zero-order chi connectivity index (χ0) is 23.6. The van der Waals surface area contributed by atoms with Crippen molar-refractivity contribution in [2.24, 2.45) is 5.92 Å². The number of sulfonamides is 1. The number of carbonyl (C=O) groups excluding carboxylic acids is 1. The summed E-state index contributed by atoms with van der Waals surface area (Å²) >= 11 is 6.35. The van der Waals surface area contributed by atoms with Gasteiger partial charge in [-0.2, -0.15) is 4.31 Å². The van der Waals surface area contributed by atoms with Crippen molar-refractivity contribution in [3.8, 4) is 0 Å². The highest BCUT2D eigenvalue weighted by Crippen LogP contribution is 2.30. The number of hydrogen-bond donors (Lipinski definition) is 0. The Balaban J connectivity index is 1.64. The highest BCUT2D eigenvalue weighted by molar-refractivity contribution is 7.89. The van der Waals surface area contributed by atoms with Crippen LogP contribution in [-0.2, 0) is 16.6 Å². The van der Waals surface area contributed by atoms with Gasteiger partial charge in [-0.3, -0.25) is 4.79 Å². The summed E-state index contributed by atoms with van der Waals surface area (Å²) < 4.78 is 33.8. The van der Waals surface area contributed by atoms with E-state index >= 15 is 0 Å². The fourth-order valence-electron chi connectivity index (χ4n) is 4.75. The summed E-state index contributed by atoms with van der Waals surface area (Å²) in [6.07, 6.45) is 5.14. The van der Waals surface area contributed by atoms with Crippen molar-refractivity contribution in [1.82, 2.24) is 14.1 Å². The van der Waals surface area contributed by atoms with E-state index in [1.807, 2.05) is 11.0 Å². The molecule has 0 spiro atoms. The molecule has 7 nitrogen and oxygen atoms in total. The maximum Gasteiger partial charge on any atom is 0.254 e. The first-order chi connectivity index (χ1) is 15.8. The molecule has 1 unspecified atom stereocenters. The van der Waals surface area contributed by atoms with Crippen LogP contribution in [0.15, 0.2) is 45.9 Å². The molecule has 4 rings (SSSR count). The maximum absolute atomic E-state index is 13.7. The van der Waals surface area contributed by atoms with Crippen LogP contribution in [0.5, 0.6) is 0 Å². The van der Waals surface area contributed by atoms with Gasteiger partial charge in [0.15, 0.2) is 0 Å². The molecule has 2 fully saturated rings. The first-order valence-electron chi connectivity index (χ1n) is 11.6. The number of furan rings is 1. The van der Waals surface area contributed by atoms with E-state index in [1.54, 1.807) is 18.4 Å². The van der Waals surface area contributed by atoms with E-state index in [-0.39, 0.29) is 21.9 Å². The molecule has 9 heteroatoms. The van der Waals surface area contributed by atoms with Crippen molar-refractivity contribution in [1.29, 1.82) is 0 Å². The summed E-state index contributed by atoms with van der Waals surface area (Å²) in [4.78, 5) is 17.8. The van der Waals surface area contributed by atoms with Crippen LogP contribution < -0.4 is 0 Å². The molecule has 2 saturated heterocycles. The summed E-state index contributed by atoms with van der Waals surface area (Å²) in [7, 11) is -1.71. The number of rotatable bonds is 6. The zero-order valence-corrected chi connectivity index (χ0v) is 20.8. The Morgan fingerprint density at radius 2 is 1.94 bits per heavy atom. The minimum Gasteiger partial charge on any atom is -0.467 e. The van der Waals surface area contributed by atoms with Crippen LogP contribution >= 0.6 is 11.6 Å². The molecule has 1 amide bonds. The van der Waals surface area contributed by atoms with Gasteiger partial charge < -0.3 is 14.2 Å². The van der Waals surface area contributed by atoms with Gasteiger partial charge >= 0.3 is 0 Å². The first-order valence-corrected chi connectivity index (χ1v) is 13.4. The lowest BCUT2D eigenvalue weighted by molar-refractivity contribution is 0.0550. The molecule has 0 saturated carbocycles. The number of carbonyl (C=O) groups is 1. The van der Waals surface area contributed by atoms with Crippen molar-refractivity contribution in [3.63, 3.8) is 0 Å². The van der Waals surface area contributed by atoms with Crippen LogP contribution in [0.25, 0.3) is 0 Å². The SMILES string of the molecule is CC1CCCN(S(=O)(=O)c2cc(C(=O)N(Cc3ccco3)C3CCN(C)CC3)ccc2Cl)C1. The number of amides is 1. The average Bonchev–Trinajstić information content (AvgIpc) is 3.31. The van der Waals surface area contributed by atoms with Crippen LogP contribution in [0.3, 0.4) is 0 Å². The molecule has 1 atom stereocenters. The minimum absolute atomic E-state index is 0.00504. The Morgan fingerprint density at radius 1 is 1.18 bits per heavy atom. The third-order valence-corrected chi connectivity index (χ3v) is 9.06. The monoisotopic (exact) mass is 493 g/mol. The summed E-state index contributed by atoms with van der Waals surface area (Å²) in [6, 6.07) is 8.30. The Kier molecular flexibility index (Phi) is 7.48. The van der Waals surface area contributed by atoms with Gasteiger partial charge in [-0.05, 0) is 82.1 Å². The van der Waals surface area contributed by atoms with Crippen molar-refractivity contribution in [3.05, 3.63) is 52.9 Å². The van der Waals surface area contributed by atoms with Crippen molar-refractivity contribution < 1.29 is 17.6 Å². The minimum atomic E-state index is -3.78. The first kappa shape index (κ1) is 24.3. The van der Waals surface area contributed by atoms with E-state index in [1.165, 1.54) is 16.4 Å². The molecule has 0 bridgehead atoms. The van der Waals surface area contributed by atoms with Crippen molar-refractivity contribution >= 4 is 27.5 Å². The van der Waals surface area contributed by atoms with Gasteiger partial charge in [0.1, 0.15) is 10.7 Å². The second-order valence-electron chi connectivity index (χ2n) is 9.30. The van der Waals surface area contributed by atoms with Gasteiger partial charge in [0.05, 0.1) is 17.8 Å². The Hall–Kier alpha value is -1.87. The summed E-state index contributed by atoms with van der Waals surface area (Å²) in [5.41, 5.74) is 0.327. The van der Waals surface area contributed by atoms with Gasteiger partial charge in [-0.25, -0.2) is 8.42 Å². The number of benzene rings is 1. The molecular weight excluding hydrogens is 462 g/mol. The predicted octanol–water partition coefficient (Wildman–Crippen LogP) is 4.09. The third kappa shape index (κ3) is 5.45.